The molecular weight excluding hydrogens is 582 g/mol. The van der Waals surface area contributed by atoms with Gasteiger partial charge in [0, 0.05) is 37.5 Å². The molecule has 1 aliphatic heterocycles. The SMILES string of the molecule is CC(C)Oc1cc(-c2ccc(C#N)cc2C(=O)N2CC(F)(F)C2)cc(NC(=O)c2cc(CN[C@@H](C)C3CCC3)cn(C)c2=O)n1. The maximum Gasteiger partial charge on any atom is 0.282 e. The Morgan fingerprint density at radius 3 is 2.49 bits per heavy atom. The zero-order chi connectivity index (χ0) is 32.5. The number of amides is 2. The lowest BCUT2D eigenvalue weighted by Crippen LogP contribution is -2.58. The molecule has 3 aromatic rings. The lowest BCUT2D eigenvalue weighted by Gasteiger charge is -2.39. The summed E-state index contributed by atoms with van der Waals surface area (Å²) in [5.41, 5.74) is 1.19. The summed E-state index contributed by atoms with van der Waals surface area (Å²) in [6.07, 6.45) is 5.02. The van der Waals surface area contributed by atoms with Crippen molar-refractivity contribution in [3.63, 3.8) is 0 Å². The fraction of sp³-hybridized carbons (Fsp3) is 0.424. The van der Waals surface area contributed by atoms with E-state index in [1.54, 1.807) is 45.3 Å². The van der Waals surface area contributed by atoms with E-state index >= 15 is 0 Å². The second-order valence-corrected chi connectivity index (χ2v) is 12.1. The van der Waals surface area contributed by atoms with Crippen LogP contribution in [-0.4, -0.2) is 57.4 Å². The van der Waals surface area contributed by atoms with E-state index in [0.29, 0.717) is 29.6 Å². The Hall–Kier alpha value is -4.63. The van der Waals surface area contributed by atoms with E-state index in [9.17, 15) is 28.4 Å². The number of rotatable bonds is 10. The van der Waals surface area contributed by atoms with Crippen LogP contribution in [0.5, 0.6) is 5.88 Å². The summed E-state index contributed by atoms with van der Waals surface area (Å²) in [6, 6.07) is 11.3. The van der Waals surface area contributed by atoms with Crippen molar-refractivity contribution in [1.29, 1.82) is 5.26 Å². The van der Waals surface area contributed by atoms with Crippen LogP contribution >= 0.6 is 0 Å². The maximum absolute atomic E-state index is 13.6. The van der Waals surface area contributed by atoms with Crippen molar-refractivity contribution in [2.24, 2.45) is 13.0 Å². The number of likely N-dealkylation sites (tertiary alicyclic amines) is 1. The summed E-state index contributed by atoms with van der Waals surface area (Å²) in [7, 11) is 1.59. The van der Waals surface area contributed by atoms with Crippen LogP contribution in [0.2, 0.25) is 0 Å². The summed E-state index contributed by atoms with van der Waals surface area (Å²) in [4.78, 5) is 45.2. The number of aryl methyl sites for hydroxylation is 1. The number of aromatic nitrogens is 2. The van der Waals surface area contributed by atoms with Crippen LogP contribution in [0.4, 0.5) is 14.6 Å². The highest BCUT2D eigenvalue weighted by molar-refractivity contribution is 6.05. The third-order valence-electron chi connectivity index (χ3n) is 8.19. The topological polar surface area (TPSA) is 129 Å². The molecule has 1 aliphatic carbocycles. The van der Waals surface area contributed by atoms with E-state index in [2.05, 4.69) is 22.5 Å². The number of ether oxygens (including phenoxy) is 1. The zero-order valence-corrected chi connectivity index (χ0v) is 25.7. The fourth-order valence-corrected chi connectivity index (χ4v) is 5.51. The Balaban J connectivity index is 1.46. The van der Waals surface area contributed by atoms with E-state index in [-0.39, 0.29) is 34.5 Å². The summed E-state index contributed by atoms with van der Waals surface area (Å²) < 4.78 is 34.4. The standard InChI is InChI=1S/C33H36F2N6O4/c1-19(2)45-29-13-24(25-9-8-21(14-36)10-26(25)32(44)41-17-33(34,35)18-41)12-28(38-29)39-30(42)27-11-22(16-40(4)31(27)43)15-37-20(3)23-6-5-7-23/h8-13,16,19-20,23,37H,5-7,15,17-18H2,1-4H3,(H,38,39,42)/t20-/m0/s1. The molecule has 1 saturated heterocycles. The molecule has 1 atom stereocenters. The highest BCUT2D eigenvalue weighted by Gasteiger charge is 2.46. The molecule has 45 heavy (non-hydrogen) atoms. The van der Waals surface area contributed by atoms with Gasteiger partial charge in [-0.25, -0.2) is 8.78 Å². The molecule has 0 bridgehead atoms. The molecule has 3 heterocycles. The first-order chi connectivity index (χ1) is 21.3. The molecule has 1 saturated carbocycles. The number of hydrogen-bond donors (Lipinski definition) is 2. The zero-order valence-electron chi connectivity index (χ0n) is 25.7. The van der Waals surface area contributed by atoms with Gasteiger partial charge in [-0.3, -0.25) is 14.4 Å². The number of hydrogen-bond acceptors (Lipinski definition) is 7. The fourth-order valence-electron chi connectivity index (χ4n) is 5.51. The maximum atomic E-state index is 13.6. The van der Waals surface area contributed by atoms with Crippen LogP contribution < -0.4 is 20.9 Å². The number of anilines is 1. The molecule has 2 aromatic heterocycles. The Bertz CT molecular complexity index is 1720. The van der Waals surface area contributed by atoms with E-state index in [0.717, 1.165) is 10.5 Å². The summed E-state index contributed by atoms with van der Waals surface area (Å²) >= 11 is 0. The van der Waals surface area contributed by atoms with Crippen molar-refractivity contribution in [3.05, 3.63) is 75.2 Å². The van der Waals surface area contributed by atoms with Gasteiger partial charge in [-0.05, 0) is 80.5 Å². The van der Waals surface area contributed by atoms with Crippen LogP contribution in [0, 0.1) is 17.2 Å². The van der Waals surface area contributed by atoms with Crippen LogP contribution in [0.3, 0.4) is 0 Å². The smallest absolute Gasteiger partial charge is 0.282 e. The van der Waals surface area contributed by atoms with Gasteiger partial charge < -0.3 is 24.8 Å². The molecule has 1 aromatic carbocycles. The monoisotopic (exact) mass is 618 g/mol. The van der Waals surface area contributed by atoms with Gasteiger partial charge in [0.15, 0.2) is 0 Å². The molecule has 12 heteroatoms. The normalized spacial score (nSPS) is 16.4. The third kappa shape index (κ3) is 7.20. The van der Waals surface area contributed by atoms with Crippen molar-refractivity contribution in [3.8, 4) is 23.1 Å². The molecule has 2 N–H and O–H groups in total. The number of nitriles is 1. The third-order valence-corrected chi connectivity index (χ3v) is 8.19. The highest BCUT2D eigenvalue weighted by atomic mass is 19.3. The number of nitrogens with one attached hydrogen (secondary N) is 2. The lowest BCUT2D eigenvalue weighted by atomic mass is 9.80. The number of alkyl halides is 2. The predicted octanol–water partition coefficient (Wildman–Crippen LogP) is 4.73. The molecular formula is C33H36F2N6O4. The van der Waals surface area contributed by atoms with Gasteiger partial charge in [0.25, 0.3) is 23.3 Å². The Morgan fingerprint density at radius 1 is 1.13 bits per heavy atom. The van der Waals surface area contributed by atoms with Crippen LogP contribution in [-0.2, 0) is 13.6 Å². The summed E-state index contributed by atoms with van der Waals surface area (Å²) in [6.45, 7) is 4.78. The first kappa shape index (κ1) is 31.8. The van der Waals surface area contributed by atoms with Crippen molar-refractivity contribution in [1.82, 2.24) is 19.8 Å². The molecule has 2 aliphatic rings. The summed E-state index contributed by atoms with van der Waals surface area (Å²) in [5, 5.41) is 15.6. The number of pyridine rings is 2. The molecule has 5 rings (SSSR count). The highest BCUT2D eigenvalue weighted by Crippen LogP contribution is 2.34. The van der Waals surface area contributed by atoms with Crippen molar-refractivity contribution in [2.75, 3.05) is 18.4 Å². The van der Waals surface area contributed by atoms with Gasteiger partial charge in [-0.15, -0.1) is 0 Å². The second kappa shape index (κ2) is 12.8. The second-order valence-electron chi connectivity index (χ2n) is 12.1. The Labute approximate surface area is 260 Å². The Morgan fingerprint density at radius 2 is 1.87 bits per heavy atom. The van der Waals surface area contributed by atoms with E-state index in [1.807, 2.05) is 6.07 Å². The van der Waals surface area contributed by atoms with Gasteiger partial charge in [0.05, 0.1) is 30.8 Å². The molecule has 10 nitrogen and oxygen atoms in total. The number of nitrogens with zero attached hydrogens (tertiary/aromatic N) is 4. The molecule has 2 amide bonds. The number of carbonyl (C=O) groups is 2. The first-order valence-corrected chi connectivity index (χ1v) is 15.0. The summed E-state index contributed by atoms with van der Waals surface area (Å²) in [5.74, 6) is -3.48. The van der Waals surface area contributed by atoms with E-state index in [4.69, 9.17) is 4.74 Å². The van der Waals surface area contributed by atoms with Crippen LogP contribution in [0.25, 0.3) is 11.1 Å². The minimum atomic E-state index is -2.96. The largest absolute Gasteiger partial charge is 0.475 e. The van der Waals surface area contributed by atoms with Gasteiger partial charge in [0.2, 0.25) is 5.88 Å². The van der Waals surface area contributed by atoms with Gasteiger partial charge in [-0.1, -0.05) is 12.5 Å². The first-order valence-electron chi connectivity index (χ1n) is 15.0. The van der Waals surface area contributed by atoms with E-state index in [1.165, 1.54) is 42.0 Å². The van der Waals surface area contributed by atoms with Gasteiger partial charge >= 0.3 is 0 Å². The average molecular weight is 619 g/mol. The quantitative estimate of drug-likeness (QED) is 0.336. The Kier molecular flexibility index (Phi) is 9.02. The number of benzene rings is 1. The van der Waals surface area contributed by atoms with Crippen LogP contribution in [0.15, 0.2) is 47.4 Å². The molecule has 0 radical (unpaired) electrons. The average Bonchev–Trinajstić information content (AvgIpc) is 2.94. The number of halogens is 2. The molecule has 0 unspecified atom stereocenters. The minimum absolute atomic E-state index is 0.0497. The molecule has 236 valence electrons. The molecule has 2 fully saturated rings. The predicted molar refractivity (Wildman–Crippen MR) is 164 cm³/mol. The number of carbonyl (C=O) groups excluding carboxylic acids is 2. The van der Waals surface area contributed by atoms with Crippen molar-refractivity contribution >= 4 is 17.6 Å². The van der Waals surface area contributed by atoms with Crippen molar-refractivity contribution in [2.45, 2.75) is 64.6 Å². The van der Waals surface area contributed by atoms with Crippen molar-refractivity contribution < 1.29 is 23.1 Å². The lowest BCUT2D eigenvalue weighted by molar-refractivity contribution is -0.113. The van der Waals surface area contributed by atoms with Crippen LogP contribution in [0.1, 0.15) is 71.9 Å². The van der Waals surface area contributed by atoms with Gasteiger partial charge in [-0.2, -0.15) is 10.2 Å². The van der Waals surface area contributed by atoms with Gasteiger partial charge in [0.1, 0.15) is 11.4 Å². The minimum Gasteiger partial charge on any atom is -0.475 e. The molecule has 0 spiro atoms. The van der Waals surface area contributed by atoms with E-state index < -0.39 is 36.4 Å².